The zero-order chi connectivity index (χ0) is 15.1. The summed E-state index contributed by atoms with van der Waals surface area (Å²) in [6.45, 7) is 2.76. The number of hydrogen-bond donors (Lipinski definition) is 1. The van der Waals surface area contributed by atoms with Crippen LogP contribution in [0, 0.1) is 0 Å². The lowest BCUT2D eigenvalue weighted by molar-refractivity contribution is -0.120. The fourth-order valence-corrected chi connectivity index (χ4v) is 2.29. The smallest absolute Gasteiger partial charge is 0.277 e. The van der Waals surface area contributed by atoms with Gasteiger partial charge in [0.15, 0.2) is 0 Å². The minimum absolute atomic E-state index is 0.0866. The maximum absolute atomic E-state index is 11.8. The second kappa shape index (κ2) is 7.80. The SMILES string of the molecule is COCCNC(=O)[C@H](C)Sc1nnc(-c2ccccc2)o1. The summed E-state index contributed by atoms with van der Waals surface area (Å²) in [7, 11) is 1.59. The van der Waals surface area contributed by atoms with Gasteiger partial charge in [-0.1, -0.05) is 30.0 Å². The summed E-state index contributed by atoms with van der Waals surface area (Å²) >= 11 is 1.23. The van der Waals surface area contributed by atoms with Gasteiger partial charge in [0.2, 0.25) is 11.8 Å². The van der Waals surface area contributed by atoms with Crippen LogP contribution in [0.2, 0.25) is 0 Å². The summed E-state index contributed by atoms with van der Waals surface area (Å²) in [6, 6.07) is 9.50. The molecule has 1 atom stereocenters. The van der Waals surface area contributed by atoms with E-state index in [-0.39, 0.29) is 11.2 Å². The van der Waals surface area contributed by atoms with E-state index in [4.69, 9.17) is 9.15 Å². The van der Waals surface area contributed by atoms with E-state index in [1.54, 1.807) is 14.0 Å². The molecule has 7 heteroatoms. The molecular weight excluding hydrogens is 290 g/mol. The lowest BCUT2D eigenvalue weighted by atomic mass is 10.2. The van der Waals surface area contributed by atoms with E-state index in [2.05, 4.69) is 15.5 Å². The van der Waals surface area contributed by atoms with Gasteiger partial charge in [-0.05, 0) is 19.1 Å². The number of carbonyl (C=O) groups is 1. The molecule has 6 nitrogen and oxygen atoms in total. The van der Waals surface area contributed by atoms with Crippen molar-refractivity contribution >= 4 is 17.7 Å². The molecule has 0 saturated heterocycles. The van der Waals surface area contributed by atoms with Gasteiger partial charge in [0.05, 0.1) is 11.9 Å². The van der Waals surface area contributed by atoms with Crippen LogP contribution < -0.4 is 5.32 Å². The van der Waals surface area contributed by atoms with Crippen molar-refractivity contribution < 1.29 is 13.9 Å². The van der Waals surface area contributed by atoms with Gasteiger partial charge in [0, 0.05) is 19.2 Å². The van der Waals surface area contributed by atoms with E-state index < -0.39 is 0 Å². The highest BCUT2D eigenvalue weighted by Crippen LogP contribution is 2.25. The fraction of sp³-hybridized carbons (Fsp3) is 0.357. The molecule has 0 aliphatic carbocycles. The average Bonchev–Trinajstić information content (AvgIpc) is 2.97. The lowest BCUT2D eigenvalue weighted by Crippen LogP contribution is -2.33. The van der Waals surface area contributed by atoms with Gasteiger partial charge in [-0.2, -0.15) is 0 Å². The van der Waals surface area contributed by atoms with Crippen LogP contribution in [0.15, 0.2) is 40.0 Å². The Labute approximate surface area is 127 Å². The Morgan fingerprint density at radius 2 is 2.14 bits per heavy atom. The zero-order valence-electron chi connectivity index (χ0n) is 11.9. The number of thioether (sulfide) groups is 1. The normalized spacial score (nSPS) is 12.1. The van der Waals surface area contributed by atoms with Crippen LogP contribution >= 0.6 is 11.8 Å². The second-order valence-electron chi connectivity index (χ2n) is 4.28. The Kier molecular flexibility index (Phi) is 5.77. The number of hydrogen-bond acceptors (Lipinski definition) is 6. The first-order valence-electron chi connectivity index (χ1n) is 6.53. The molecule has 1 aromatic heterocycles. The molecular formula is C14H17N3O3S. The minimum Gasteiger partial charge on any atom is -0.411 e. The number of rotatable bonds is 7. The Bertz CT molecular complexity index is 574. The molecule has 1 amide bonds. The third-order valence-electron chi connectivity index (χ3n) is 2.68. The minimum atomic E-state index is -0.314. The second-order valence-corrected chi connectivity index (χ2v) is 5.58. The number of nitrogens with zero attached hydrogens (tertiary/aromatic N) is 2. The largest absolute Gasteiger partial charge is 0.411 e. The number of benzene rings is 1. The maximum atomic E-state index is 11.8. The third kappa shape index (κ3) is 4.57. The van der Waals surface area contributed by atoms with Gasteiger partial charge in [0.1, 0.15) is 0 Å². The summed E-state index contributed by atoms with van der Waals surface area (Å²) in [6.07, 6.45) is 0. The van der Waals surface area contributed by atoms with Gasteiger partial charge < -0.3 is 14.5 Å². The molecule has 0 aliphatic rings. The van der Waals surface area contributed by atoms with E-state index in [0.29, 0.717) is 24.3 Å². The van der Waals surface area contributed by atoms with Gasteiger partial charge in [-0.15, -0.1) is 10.2 Å². The molecule has 1 heterocycles. The first kappa shape index (κ1) is 15.5. The number of methoxy groups -OCH3 is 1. The molecule has 0 spiro atoms. The molecule has 0 bridgehead atoms. The highest BCUT2D eigenvalue weighted by molar-refractivity contribution is 8.00. The Hall–Kier alpha value is -1.86. The Morgan fingerprint density at radius 3 is 2.86 bits per heavy atom. The fourth-order valence-electron chi connectivity index (χ4n) is 1.58. The van der Waals surface area contributed by atoms with Crippen molar-refractivity contribution in [3.05, 3.63) is 30.3 Å². The maximum Gasteiger partial charge on any atom is 0.277 e. The summed E-state index contributed by atoms with van der Waals surface area (Å²) in [4.78, 5) is 11.8. The van der Waals surface area contributed by atoms with Crippen LogP contribution in [0.3, 0.4) is 0 Å². The molecule has 1 aromatic carbocycles. The van der Waals surface area contributed by atoms with E-state index in [1.165, 1.54) is 11.8 Å². The summed E-state index contributed by atoms with van der Waals surface area (Å²) in [5.41, 5.74) is 0.856. The molecule has 21 heavy (non-hydrogen) atoms. The van der Waals surface area contributed by atoms with Crippen molar-refractivity contribution in [3.8, 4) is 11.5 Å². The first-order valence-corrected chi connectivity index (χ1v) is 7.41. The molecule has 0 aliphatic heterocycles. The van der Waals surface area contributed by atoms with Crippen LogP contribution in [0.25, 0.3) is 11.5 Å². The summed E-state index contributed by atoms with van der Waals surface area (Å²) < 4.78 is 10.4. The number of amides is 1. The van der Waals surface area contributed by atoms with E-state index >= 15 is 0 Å². The number of carbonyl (C=O) groups excluding carboxylic acids is 1. The van der Waals surface area contributed by atoms with Crippen molar-refractivity contribution in [2.24, 2.45) is 0 Å². The molecule has 2 rings (SSSR count). The molecule has 112 valence electrons. The number of ether oxygens (including phenoxy) is 1. The standard InChI is InChI=1S/C14H17N3O3S/c1-10(12(18)15-8-9-19-2)21-14-17-16-13(20-14)11-6-4-3-5-7-11/h3-7,10H,8-9H2,1-2H3,(H,15,18)/t10-/m0/s1. The van der Waals surface area contributed by atoms with Crippen LogP contribution in [0.4, 0.5) is 0 Å². The van der Waals surface area contributed by atoms with Crippen molar-refractivity contribution in [1.29, 1.82) is 0 Å². The topological polar surface area (TPSA) is 77.2 Å². The Morgan fingerprint density at radius 1 is 1.38 bits per heavy atom. The molecule has 0 fully saturated rings. The zero-order valence-corrected chi connectivity index (χ0v) is 12.7. The van der Waals surface area contributed by atoms with E-state index in [0.717, 1.165) is 5.56 Å². The predicted octanol–water partition coefficient (Wildman–Crippen LogP) is 1.98. The molecule has 0 saturated carbocycles. The van der Waals surface area contributed by atoms with Gasteiger partial charge >= 0.3 is 0 Å². The van der Waals surface area contributed by atoms with E-state index in [9.17, 15) is 4.79 Å². The van der Waals surface area contributed by atoms with Crippen LogP contribution in [0.5, 0.6) is 0 Å². The highest BCUT2D eigenvalue weighted by atomic mass is 32.2. The van der Waals surface area contributed by atoms with Gasteiger partial charge in [-0.3, -0.25) is 4.79 Å². The third-order valence-corrected chi connectivity index (χ3v) is 3.61. The van der Waals surface area contributed by atoms with Gasteiger partial charge in [0.25, 0.3) is 5.22 Å². The monoisotopic (exact) mass is 307 g/mol. The summed E-state index contributed by atoms with van der Waals surface area (Å²) in [5, 5.41) is 10.8. The lowest BCUT2D eigenvalue weighted by Gasteiger charge is -2.08. The first-order chi connectivity index (χ1) is 10.2. The van der Waals surface area contributed by atoms with Gasteiger partial charge in [-0.25, -0.2) is 0 Å². The molecule has 0 unspecified atom stereocenters. The predicted molar refractivity (Wildman–Crippen MR) is 79.9 cm³/mol. The van der Waals surface area contributed by atoms with Crippen molar-refractivity contribution in [2.45, 2.75) is 17.4 Å². The number of aromatic nitrogens is 2. The highest BCUT2D eigenvalue weighted by Gasteiger charge is 2.18. The molecule has 2 aromatic rings. The molecule has 1 N–H and O–H groups in total. The van der Waals surface area contributed by atoms with Crippen LogP contribution in [-0.4, -0.2) is 41.6 Å². The van der Waals surface area contributed by atoms with Crippen molar-refractivity contribution in [2.75, 3.05) is 20.3 Å². The Balaban J connectivity index is 1.91. The van der Waals surface area contributed by atoms with Crippen molar-refractivity contribution in [1.82, 2.24) is 15.5 Å². The van der Waals surface area contributed by atoms with Crippen LogP contribution in [-0.2, 0) is 9.53 Å². The van der Waals surface area contributed by atoms with Crippen LogP contribution in [0.1, 0.15) is 6.92 Å². The number of nitrogens with one attached hydrogen (secondary N) is 1. The average molecular weight is 307 g/mol. The van der Waals surface area contributed by atoms with Crippen molar-refractivity contribution in [3.63, 3.8) is 0 Å². The summed E-state index contributed by atoms with van der Waals surface area (Å²) in [5.74, 6) is 0.363. The molecule has 0 radical (unpaired) electrons. The quantitative estimate of drug-likeness (QED) is 0.622. The van der Waals surface area contributed by atoms with E-state index in [1.807, 2.05) is 30.3 Å².